The first-order valence-electron chi connectivity index (χ1n) is 10.1. The minimum absolute atomic E-state index is 0.0296. The van der Waals surface area contributed by atoms with E-state index in [-0.39, 0.29) is 22.9 Å². The smallest absolute Gasteiger partial charge is 0.286 e. The van der Waals surface area contributed by atoms with Gasteiger partial charge >= 0.3 is 0 Å². The van der Waals surface area contributed by atoms with Crippen molar-refractivity contribution in [2.24, 2.45) is 11.7 Å². The van der Waals surface area contributed by atoms with Gasteiger partial charge in [-0.2, -0.15) is 4.31 Å². The van der Waals surface area contributed by atoms with Crippen molar-refractivity contribution in [2.75, 3.05) is 25.5 Å². The maximum Gasteiger partial charge on any atom is 0.286 e. The van der Waals surface area contributed by atoms with Crippen LogP contribution in [0, 0.1) is 5.92 Å². The molecule has 168 valence electrons. The summed E-state index contributed by atoms with van der Waals surface area (Å²) in [6.07, 6.45) is 1.05. The van der Waals surface area contributed by atoms with Crippen LogP contribution in [0.15, 0.2) is 57.8 Å². The lowest BCUT2D eigenvalue weighted by Crippen LogP contribution is -2.43. The van der Waals surface area contributed by atoms with Gasteiger partial charge in [-0.25, -0.2) is 8.42 Å². The number of hydrogen-bond acceptors (Lipinski definition) is 6. The molecule has 0 saturated carbocycles. The Bertz CT molecular complexity index is 1270. The molecule has 1 aliphatic rings. The largest absolute Gasteiger partial charge is 0.497 e. The molecule has 3 N–H and O–H groups in total. The van der Waals surface area contributed by atoms with Crippen molar-refractivity contribution in [3.8, 4) is 5.75 Å². The second kappa shape index (κ2) is 8.64. The SMILES string of the molecule is COc1ccc(S(=O)(=O)N2CCCC(C(=O)Nc3c(C(N)=O)oc4ccccc34)C2)cc1. The number of para-hydroxylation sites is 1. The molecule has 1 saturated heterocycles. The molecule has 2 heterocycles. The van der Waals surface area contributed by atoms with E-state index in [1.165, 1.54) is 23.5 Å². The lowest BCUT2D eigenvalue weighted by molar-refractivity contribution is -0.120. The number of hydrogen-bond donors (Lipinski definition) is 2. The summed E-state index contributed by atoms with van der Waals surface area (Å²) in [5.74, 6) is -1.38. The highest BCUT2D eigenvalue weighted by atomic mass is 32.2. The molecule has 4 rings (SSSR count). The van der Waals surface area contributed by atoms with Gasteiger partial charge in [-0.15, -0.1) is 0 Å². The number of nitrogens with two attached hydrogens (primary N) is 1. The van der Waals surface area contributed by atoms with Gasteiger partial charge in [0.15, 0.2) is 0 Å². The molecule has 0 radical (unpaired) electrons. The van der Waals surface area contributed by atoms with Crippen molar-refractivity contribution in [3.63, 3.8) is 0 Å². The van der Waals surface area contributed by atoms with Crippen LogP contribution in [0.4, 0.5) is 5.69 Å². The van der Waals surface area contributed by atoms with Gasteiger partial charge in [-0.3, -0.25) is 9.59 Å². The first-order valence-corrected chi connectivity index (χ1v) is 11.5. The number of primary amides is 1. The van der Waals surface area contributed by atoms with Crippen molar-refractivity contribution in [3.05, 3.63) is 54.3 Å². The van der Waals surface area contributed by atoms with E-state index >= 15 is 0 Å². The number of nitrogens with zero attached hydrogens (tertiary/aromatic N) is 1. The summed E-state index contributed by atoms with van der Waals surface area (Å²) in [6, 6.07) is 13.0. The Morgan fingerprint density at radius 1 is 1.16 bits per heavy atom. The molecule has 9 nitrogen and oxygen atoms in total. The fraction of sp³-hybridized carbons (Fsp3) is 0.273. The van der Waals surface area contributed by atoms with Gasteiger partial charge in [-0.1, -0.05) is 12.1 Å². The van der Waals surface area contributed by atoms with Crippen LogP contribution < -0.4 is 15.8 Å². The molecule has 2 aromatic carbocycles. The third-order valence-corrected chi connectivity index (χ3v) is 7.40. The molecule has 0 spiro atoms. The first kappa shape index (κ1) is 21.8. The van der Waals surface area contributed by atoms with E-state index in [0.29, 0.717) is 36.1 Å². The Balaban J connectivity index is 1.55. The molecule has 1 unspecified atom stereocenters. The van der Waals surface area contributed by atoms with Gasteiger partial charge in [-0.05, 0) is 49.2 Å². The standard InChI is InChI=1S/C22H23N3O6S/c1-30-15-8-10-16(11-9-15)32(28,29)25-12-4-5-14(13-25)22(27)24-19-17-6-2-3-7-18(17)31-20(19)21(23)26/h2-3,6-11,14H,4-5,12-13H2,1H3,(H2,23,26)(H,24,27). The Labute approximate surface area is 185 Å². The second-order valence-corrected chi connectivity index (χ2v) is 9.47. The highest BCUT2D eigenvalue weighted by Gasteiger charge is 2.34. The third-order valence-electron chi connectivity index (χ3n) is 5.52. The Morgan fingerprint density at radius 2 is 1.88 bits per heavy atom. The molecular formula is C22H23N3O6S. The number of anilines is 1. The number of ether oxygens (including phenoxy) is 1. The van der Waals surface area contributed by atoms with Crippen LogP contribution in [0.3, 0.4) is 0 Å². The molecule has 10 heteroatoms. The number of benzene rings is 2. The lowest BCUT2D eigenvalue weighted by Gasteiger charge is -2.31. The van der Waals surface area contributed by atoms with Crippen molar-refractivity contribution in [1.82, 2.24) is 4.31 Å². The number of carbonyl (C=O) groups is 2. The molecule has 0 aliphatic carbocycles. The van der Waals surface area contributed by atoms with Crippen molar-refractivity contribution < 1.29 is 27.2 Å². The molecule has 2 amide bonds. The van der Waals surface area contributed by atoms with Gasteiger partial charge in [0.2, 0.25) is 21.7 Å². The Morgan fingerprint density at radius 3 is 2.56 bits per heavy atom. The number of fused-ring (bicyclic) bond motifs is 1. The number of methoxy groups -OCH3 is 1. The molecule has 0 bridgehead atoms. The van der Waals surface area contributed by atoms with Crippen molar-refractivity contribution in [1.29, 1.82) is 0 Å². The zero-order valence-corrected chi connectivity index (χ0v) is 18.2. The predicted octanol–water partition coefficient (Wildman–Crippen LogP) is 2.58. The van der Waals surface area contributed by atoms with Crippen molar-refractivity contribution >= 4 is 38.5 Å². The van der Waals surface area contributed by atoms with Crippen LogP contribution in [0.25, 0.3) is 11.0 Å². The summed E-state index contributed by atoms with van der Waals surface area (Å²) in [4.78, 5) is 25.0. The Hall–Kier alpha value is -3.37. The quantitative estimate of drug-likeness (QED) is 0.585. The molecule has 1 aliphatic heterocycles. The minimum Gasteiger partial charge on any atom is -0.497 e. The monoisotopic (exact) mass is 457 g/mol. The van der Waals surface area contributed by atoms with E-state index in [2.05, 4.69) is 5.32 Å². The summed E-state index contributed by atoms with van der Waals surface area (Å²) < 4.78 is 38.0. The van der Waals surface area contributed by atoms with E-state index < -0.39 is 27.8 Å². The average Bonchev–Trinajstić information content (AvgIpc) is 3.18. The molecule has 1 aromatic heterocycles. The van der Waals surface area contributed by atoms with Gasteiger partial charge in [0, 0.05) is 18.5 Å². The number of rotatable bonds is 6. The van der Waals surface area contributed by atoms with E-state index in [1.54, 1.807) is 36.4 Å². The van der Waals surface area contributed by atoms with Crippen LogP contribution in [0.5, 0.6) is 5.75 Å². The summed E-state index contributed by atoms with van der Waals surface area (Å²) in [5.41, 5.74) is 6.04. The van der Waals surface area contributed by atoms with Crippen LogP contribution in [-0.4, -0.2) is 44.7 Å². The number of amides is 2. The number of piperidine rings is 1. The summed E-state index contributed by atoms with van der Waals surface area (Å²) in [7, 11) is -2.26. The summed E-state index contributed by atoms with van der Waals surface area (Å²) in [6.45, 7) is 0.348. The van der Waals surface area contributed by atoms with Crippen LogP contribution in [0.1, 0.15) is 23.4 Å². The predicted molar refractivity (Wildman–Crippen MR) is 118 cm³/mol. The van der Waals surface area contributed by atoms with Gasteiger partial charge in [0.05, 0.1) is 17.9 Å². The number of nitrogens with one attached hydrogen (secondary N) is 1. The van der Waals surface area contributed by atoms with E-state index in [4.69, 9.17) is 14.9 Å². The minimum atomic E-state index is -3.77. The maximum absolute atomic E-state index is 13.1. The average molecular weight is 458 g/mol. The second-order valence-electron chi connectivity index (χ2n) is 7.53. The van der Waals surface area contributed by atoms with Crippen LogP contribution in [-0.2, 0) is 14.8 Å². The summed E-state index contributed by atoms with van der Waals surface area (Å²) >= 11 is 0. The van der Waals surface area contributed by atoms with Gasteiger partial charge in [0.25, 0.3) is 5.91 Å². The first-order chi connectivity index (χ1) is 15.3. The molecule has 3 aromatic rings. The zero-order chi connectivity index (χ0) is 22.9. The number of furan rings is 1. The molecular weight excluding hydrogens is 434 g/mol. The molecule has 1 fully saturated rings. The highest BCUT2D eigenvalue weighted by molar-refractivity contribution is 7.89. The van der Waals surface area contributed by atoms with E-state index in [1.807, 2.05) is 0 Å². The number of carbonyl (C=O) groups excluding carboxylic acids is 2. The fourth-order valence-corrected chi connectivity index (χ4v) is 5.36. The van der Waals surface area contributed by atoms with Gasteiger partial charge in [0.1, 0.15) is 17.0 Å². The van der Waals surface area contributed by atoms with E-state index in [9.17, 15) is 18.0 Å². The maximum atomic E-state index is 13.1. The molecule has 1 atom stereocenters. The topological polar surface area (TPSA) is 132 Å². The normalized spacial score (nSPS) is 17.2. The highest BCUT2D eigenvalue weighted by Crippen LogP contribution is 2.32. The van der Waals surface area contributed by atoms with Crippen LogP contribution in [0.2, 0.25) is 0 Å². The zero-order valence-electron chi connectivity index (χ0n) is 17.4. The number of sulfonamides is 1. The molecule has 32 heavy (non-hydrogen) atoms. The summed E-state index contributed by atoms with van der Waals surface area (Å²) in [5, 5.41) is 3.29. The van der Waals surface area contributed by atoms with Crippen LogP contribution >= 0.6 is 0 Å². The van der Waals surface area contributed by atoms with Crippen molar-refractivity contribution in [2.45, 2.75) is 17.7 Å². The fourth-order valence-electron chi connectivity index (χ4n) is 3.84. The lowest BCUT2D eigenvalue weighted by atomic mass is 9.98. The van der Waals surface area contributed by atoms with Gasteiger partial charge < -0.3 is 20.2 Å². The van der Waals surface area contributed by atoms with E-state index in [0.717, 1.165) is 0 Å². The Kier molecular flexibility index (Phi) is 5.90. The third kappa shape index (κ3) is 4.06.